The van der Waals surface area contributed by atoms with E-state index < -0.39 is 0 Å². The minimum absolute atomic E-state index is 0.382. The number of carbonyl (C=O) groups is 1. The van der Waals surface area contributed by atoms with Gasteiger partial charge in [-0.15, -0.1) is 0 Å². The third kappa shape index (κ3) is 3.62. The maximum Gasteiger partial charge on any atom is 0.203 e. The number of aldehydes is 1. The van der Waals surface area contributed by atoms with Gasteiger partial charge in [-0.3, -0.25) is 4.79 Å². The molecule has 0 bridgehead atoms. The van der Waals surface area contributed by atoms with Crippen molar-refractivity contribution in [3.8, 4) is 45.2 Å². The normalized spacial score (nSPS) is 10.6. The van der Waals surface area contributed by atoms with Gasteiger partial charge in [0.15, 0.2) is 17.8 Å². The highest BCUT2D eigenvalue weighted by atomic mass is 16.5. The van der Waals surface area contributed by atoms with Gasteiger partial charge < -0.3 is 19.9 Å². The molecule has 4 aromatic rings. The summed E-state index contributed by atoms with van der Waals surface area (Å²) in [4.78, 5) is 16.1. The number of aromatic nitrogens is 3. The highest BCUT2D eigenvalue weighted by Gasteiger charge is 2.24. The van der Waals surface area contributed by atoms with Gasteiger partial charge in [0.1, 0.15) is 12.7 Å². The number of hydrogen-bond acceptors (Lipinski definition) is 7. The van der Waals surface area contributed by atoms with Gasteiger partial charge in [0.05, 0.1) is 27.0 Å². The van der Waals surface area contributed by atoms with Gasteiger partial charge in [0.25, 0.3) is 0 Å². The van der Waals surface area contributed by atoms with Crippen LogP contribution in [0.2, 0.25) is 0 Å². The average Bonchev–Trinajstić information content (AvgIpc) is 3.37. The van der Waals surface area contributed by atoms with Crippen molar-refractivity contribution in [1.82, 2.24) is 14.8 Å². The van der Waals surface area contributed by atoms with Gasteiger partial charge in [-0.2, -0.15) is 5.10 Å². The van der Waals surface area contributed by atoms with Crippen LogP contribution in [0.25, 0.3) is 27.9 Å². The molecule has 0 radical (unpaired) electrons. The SMILES string of the molecule is COc1cc(C=O)c(-c2ccc(-c3cccc(N)c3)cc2-n2cncn2)c(OC)c1OC. The summed E-state index contributed by atoms with van der Waals surface area (Å²) >= 11 is 0. The lowest BCUT2D eigenvalue weighted by Crippen LogP contribution is -2.04. The minimum atomic E-state index is 0.382. The Kier molecular flexibility index (Phi) is 5.76. The molecule has 0 aliphatic heterocycles. The van der Waals surface area contributed by atoms with Crippen molar-refractivity contribution in [2.45, 2.75) is 0 Å². The van der Waals surface area contributed by atoms with Crippen molar-refractivity contribution in [2.75, 3.05) is 27.1 Å². The third-order valence-electron chi connectivity index (χ3n) is 5.14. The summed E-state index contributed by atoms with van der Waals surface area (Å²) in [5, 5.41) is 4.31. The van der Waals surface area contributed by atoms with E-state index in [0.29, 0.717) is 45.3 Å². The molecule has 0 unspecified atom stereocenters. The molecular weight excluding hydrogens is 408 g/mol. The van der Waals surface area contributed by atoms with Crippen LogP contribution < -0.4 is 19.9 Å². The Morgan fingerprint density at radius 2 is 1.72 bits per heavy atom. The van der Waals surface area contributed by atoms with Crippen LogP contribution in [0.4, 0.5) is 5.69 Å². The minimum Gasteiger partial charge on any atom is -0.493 e. The summed E-state index contributed by atoms with van der Waals surface area (Å²) in [6.45, 7) is 0. The first-order chi connectivity index (χ1) is 15.6. The van der Waals surface area contributed by atoms with Crippen LogP contribution in [-0.2, 0) is 0 Å². The largest absolute Gasteiger partial charge is 0.493 e. The summed E-state index contributed by atoms with van der Waals surface area (Å²) in [5.74, 6) is 1.17. The van der Waals surface area contributed by atoms with Gasteiger partial charge in [-0.1, -0.05) is 24.3 Å². The molecule has 0 amide bonds. The number of carbonyl (C=O) groups excluding carboxylic acids is 1. The van der Waals surface area contributed by atoms with E-state index in [1.165, 1.54) is 27.7 Å². The number of rotatable bonds is 7. The molecule has 8 heteroatoms. The van der Waals surface area contributed by atoms with E-state index >= 15 is 0 Å². The molecule has 1 heterocycles. The van der Waals surface area contributed by atoms with Crippen LogP contribution in [0.5, 0.6) is 17.2 Å². The third-order valence-corrected chi connectivity index (χ3v) is 5.14. The quantitative estimate of drug-likeness (QED) is 0.349. The van der Waals surface area contributed by atoms with Crippen molar-refractivity contribution in [3.63, 3.8) is 0 Å². The van der Waals surface area contributed by atoms with Crippen molar-refractivity contribution >= 4 is 12.0 Å². The first kappa shape index (κ1) is 20.9. The maximum absolute atomic E-state index is 12.1. The zero-order valence-corrected chi connectivity index (χ0v) is 17.9. The molecular formula is C24H22N4O4. The second-order valence-corrected chi connectivity index (χ2v) is 6.92. The zero-order chi connectivity index (χ0) is 22.7. The fraction of sp³-hybridized carbons (Fsp3) is 0.125. The molecule has 2 N–H and O–H groups in total. The molecule has 4 rings (SSSR count). The van der Waals surface area contributed by atoms with Gasteiger partial charge in [-0.25, -0.2) is 9.67 Å². The molecule has 0 aliphatic rings. The van der Waals surface area contributed by atoms with E-state index in [2.05, 4.69) is 10.1 Å². The van der Waals surface area contributed by atoms with Gasteiger partial charge >= 0.3 is 0 Å². The summed E-state index contributed by atoms with van der Waals surface area (Å²) in [7, 11) is 4.55. The van der Waals surface area contributed by atoms with Crippen LogP contribution >= 0.6 is 0 Å². The van der Waals surface area contributed by atoms with Crippen molar-refractivity contribution in [1.29, 1.82) is 0 Å². The average molecular weight is 430 g/mol. The number of nitrogens with two attached hydrogens (primary N) is 1. The number of nitrogens with zero attached hydrogens (tertiary/aromatic N) is 3. The van der Waals surface area contributed by atoms with Crippen LogP contribution in [-0.4, -0.2) is 42.4 Å². The van der Waals surface area contributed by atoms with E-state index in [4.69, 9.17) is 19.9 Å². The van der Waals surface area contributed by atoms with Crippen LogP contribution in [0.3, 0.4) is 0 Å². The first-order valence-corrected chi connectivity index (χ1v) is 9.74. The zero-order valence-electron chi connectivity index (χ0n) is 17.9. The van der Waals surface area contributed by atoms with E-state index in [9.17, 15) is 4.79 Å². The standard InChI is InChI=1S/C24H22N4O4/c1-30-21-11-17(12-29)22(24(32-3)23(21)31-2)19-8-7-16(15-5-4-6-18(25)9-15)10-20(19)28-14-26-13-27-28/h4-14H,25H2,1-3H3. The highest BCUT2D eigenvalue weighted by molar-refractivity contribution is 5.96. The predicted molar refractivity (Wildman–Crippen MR) is 122 cm³/mol. The van der Waals surface area contributed by atoms with Gasteiger partial charge in [0, 0.05) is 22.4 Å². The Balaban J connectivity index is 2.03. The first-order valence-electron chi connectivity index (χ1n) is 9.74. The monoisotopic (exact) mass is 430 g/mol. The Morgan fingerprint density at radius 1 is 0.938 bits per heavy atom. The van der Waals surface area contributed by atoms with Gasteiger partial charge in [-0.05, 0) is 35.4 Å². The highest BCUT2D eigenvalue weighted by Crippen LogP contribution is 2.48. The number of benzene rings is 3. The molecule has 0 saturated carbocycles. The number of anilines is 1. The summed E-state index contributed by atoms with van der Waals surface area (Å²) in [5.41, 5.74) is 10.9. The Labute approximate surface area is 185 Å². The smallest absolute Gasteiger partial charge is 0.203 e. The number of nitrogen functional groups attached to an aromatic ring is 1. The molecule has 0 atom stereocenters. The molecule has 1 aromatic heterocycles. The lowest BCUT2D eigenvalue weighted by molar-refractivity contribution is 0.112. The van der Waals surface area contributed by atoms with E-state index in [-0.39, 0.29) is 0 Å². The Hall–Kier alpha value is -4.33. The second kappa shape index (κ2) is 8.81. The van der Waals surface area contributed by atoms with Crippen molar-refractivity contribution in [3.05, 3.63) is 66.7 Å². The fourth-order valence-corrected chi connectivity index (χ4v) is 3.71. The molecule has 0 aliphatic carbocycles. The maximum atomic E-state index is 12.1. The van der Waals surface area contributed by atoms with Crippen molar-refractivity contribution < 1.29 is 19.0 Å². The molecule has 8 nitrogen and oxygen atoms in total. The molecule has 0 fully saturated rings. The number of ether oxygens (including phenoxy) is 3. The van der Waals surface area contributed by atoms with Crippen LogP contribution in [0, 0.1) is 0 Å². The summed E-state index contributed by atoms with van der Waals surface area (Å²) < 4.78 is 18.3. The number of methoxy groups -OCH3 is 3. The van der Waals surface area contributed by atoms with E-state index in [1.54, 1.807) is 17.1 Å². The van der Waals surface area contributed by atoms with Gasteiger partial charge in [0.2, 0.25) is 5.75 Å². The molecule has 0 spiro atoms. The summed E-state index contributed by atoms with van der Waals surface area (Å²) in [6, 6.07) is 15.1. The lowest BCUT2D eigenvalue weighted by Gasteiger charge is -2.20. The van der Waals surface area contributed by atoms with Crippen molar-refractivity contribution in [2.24, 2.45) is 0 Å². The molecule has 0 saturated heterocycles. The van der Waals surface area contributed by atoms with Crippen LogP contribution in [0.1, 0.15) is 10.4 Å². The lowest BCUT2D eigenvalue weighted by atomic mass is 9.93. The fourth-order valence-electron chi connectivity index (χ4n) is 3.71. The van der Waals surface area contributed by atoms with E-state index in [1.807, 2.05) is 42.5 Å². The molecule has 162 valence electrons. The molecule has 3 aromatic carbocycles. The summed E-state index contributed by atoms with van der Waals surface area (Å²) in [6.07, 6.45) is 3.80. The predicted octanol–water partition coefficient (Wildman–Crippen LogP) is 4.02. The Morgan fingerprint density at radius 3 is 2.34 bits per heavy atom. The van der Waals surface area contributed by atoms with Crippen LogP contribution in [0.15, 0.2) is 61.2 Å². The second-order valence-electron chi connectivity index (χ2n) is 6.92. The number of hydrogen-bond donors (Lipinski definition) is 1. The van der Waals surface area contributed by atoms with E-state index in [0.717, 1.165) is 17.4 Å². The molecule has 32 heavy (non-hydrogen) atoms. The Bertz CT molecular complexity index is 1270. The topological polar surface area (TPSA) is 101 Å².